The molecule has 0 bridgehead atoms. The summed E-state index contributed by atoms with van der Waals surface area (Å²) in [6.45, 7) is 1.57. The lowest BCUT2D eigenvalue weighted by Gasteiger charge is -2.23. The van der Waals surface area contributed by atoms with Gasteiger partial charge in [-0.05, 0) is 12.5 Å². The maximum absolute atomic E-state index is 9.48. The molecule has 4 aromatic rings. The SMILES string of the molecule is N#CCC(C1CCN(c2scc(Cl)c2C#N)C1)n1cc(-c2ncnc3[nH]ccc23)cn1. The van der Waals surface area contributed by atoms with Crippen LogP contribution in [0.5, 0.6) is 0 Å². The lowest BCUT2D eigenvalue weighted by atomic mass is 9.96. The van der Waals surface area contributed by atoms with Crippen molar-refractivity contribution in [3.05, 3.63) is 47.0 Å². The lowest BCUT2D eigenvalue weighted by molar-refractivity contribution is 0.332. The maximum Gasteiger partial charge on any atom is 0.141 e. The third-order valence-corrected chi connectivity index (χ3v) is 7.23. The molecule has 1 aliphatic rings. The average Bonchev–Trinajstić information content (AvgIpc) is 3.57. The molecule has 2 unspecified atom stereocenters. The molecule has 1 saturated heterocycles. The second kappa shape index (κ2) is 8.03. The van der Waals surface area contributed by atoms with Gasteiger partial charge in [0.05, 0.1) is 35.4 Å². The zero-order valence-corrected chi connectivity index (χ0v) is 17.9. The molecule has 4 aromatic heterocycles. The molecule has 1 aliphatic heterocycles. The zero-order chi connectivity index (χ0) is 21.4. The molecule has 0 aromatic carbocycles. The minimum atomic E-state index is -0.0618. The van der Waals surface area contributed by atoms with E-state index in [1.54, 1.807) is 11.6 Å². The smallest absolute Gasteiger partial charge is 0.141 e. The molecular formula is C21H17ClN8S. The Morgan fingerprint density at radius 1 is 1.35 bits per heavy atom. The van der Waals surface area contributed by atoms with Crippen LogP contribution in [0.25, 0.3) is 22.3 Å². The minimum absolute atomic E-state index is 0.0618. The van der Waals surface area contributed by atoms with Crippen LogP contribution in [0.1, 0.15) is 24.4 Å². The predicted molar refractivity (Wildman–Crippen MR) is 119 cm³/mol. The normalized spacial score (nSPS) is 17.0. The number of aromatic nitrogens is 5. The molecule has 31 heavy (non-hydrogen) atoms. The van der Waals surface area contributed by atoms with Gasteiger partial charge in [0.1, 0.15) is 28.6 Å². The van der Waals surface area contributed by atoms with E-state index in [0.29, 0.717) is 17.0 Å². The van der Waals surface area contributed by atoms with Gasteiger partial charge in [0.2, 0.25) is 0 Å². The lowest BCUT2D eigenvalue weighted by Crippen LogP contribution is -2.25. The summed E-state index contributed by atoms with van der Waals surface area (Å²) >= 11 is 7.64. The Hall–Kier alpha value is -3.40. The van der Waals surface area contributed by atoms with Crippen molar-refractivity contribution in [3.63, 3.8) is 0 Å². The third-order valence-electron chi connectivity index (χ3n) is 5.76. The summed E-state index contributed by atoms with van der Waals surface area (Å²) in [5, 5.41) is 27.6. The van der Waals surface area contributed by atoms with Crippen LogP contribution in [0.3, 0.4) is 0 Å². The number of rotatable bonds is 5. The fraction of sp³-hybridized carbons (Fsp3) is 0.286. The number of hydrogen-bond donors (Lipinski definition) is 1. The van der Waals surface area contributed by atoms with Crippen molar-refractivity contribution in [2.75, 3.05) is 18.0 Å². The molecule has 0 amide bonds. The molecule has 1 N–H and O–H groups in total. The highest BCUT2D eigenvalue weighted by Gasteiger charge is 2.33. The molecule has 10 heteroatoms. The van der Waals surface area contributed by atoms with Crippen LogP contribution in [-0.4, -0.2) is 37.8 Å². The van der Waals surface area contributed by atoms with E-state index in [4.69, 9.17) is 11.6 Å². The standard InChI is InChI=1S/C21H17ClN8S/c22-17-11-31-21(16(17)7-24)29-6-3-13(9-29)18(1-4-23)30-10-14(8-28-30)19-15-2-5-25-20(15)27-12-26-19/h2,5,8,10-13,18H,1,3,6,9H2,(H,25,26,27). The summed E-state index contributed by atoms with van der Waals surface area (Å²) in [5.41, 5.74) is 3.01. The number of nitriles is 2. The van der Waals surface area contributed by atoms with Crippen LogP contribution < -0.4 is 4.90 Å². The highest BCUT2D eigenvalue weighted by atomic mass is 35.5. The monoisotopic (exact) mass is 448 g/mol. The maximum atomic E-state index is 9.48. The predicted octanol–water partition coefficient (Wildman–Crippen LogP) is 4.39. The van der Waals surface area contributed by atoms with E-state index < -0.39 is 0 Å². The van der Waals surface area contributed by atoms with Gasteiger partial charge in [-0.1, -0.05) is 11.6 Å². The number of aromatic amines is 1. The summed E-state index contributed by atoms with van der Waals surface area (Å²) in [7, 11) is 0. The first-order chi connectivity index (χ1) is 15.2. The quantitative estimate of drug-likeness (QED) is 0.484. The van der Waals surface area contributed by atoms with Crippen molar-refractivity contribution in [1.82, 2.24) is 24.7 Å². The molecule has 8 nitrogen and oxygen atoms in total. The Kier molecular flexibility index (Phi) is 5.06. The second-order valence-electron chi connectivity index (χ2n) is 7.47. The molecule has 0 spiro atoms. The van der Waals surface area contributed by atoms with Gasteiger partial charge in [-0.3, -0.25) is 4.68 Å². The largest absolute Gasteiger partial charge is 0.362 e. The Morgan fingerprint density at radius 3 is 3.10 bits per heavy atom. The van der Waals surface area contributed by atoms with Crippen LogP contribution in [0.15, 0.2) is 36.4 Å². The molecule has 0 saturated carbocycles. The van der Waals surface area contributed by atoms with Crippen molar-refractivity contribution in [3.8, 4) is 23.4 Å². The topological polar surface area (TPSA) is 110 Å². The van der Waals surface area contributed by atoms with Crippen molar-refractivity contribution in [2.24, 2.45) is 5.92 Å². The van der Waals surface area contributed by atoms with E-state index in [1.165, 1.54) is 17.7 Å². The van der Waals surface area contributed by atoms with Gasteiger partial charge in [0.15, 0.2) is 0 Å². The first-order valence-electron chi connectivity index (χ1n) is 9.81. The third kappa shape index (κ3) is 3.42. The van der Waals surface area contributed by atoms with Gasteiger partial charge in [-0.2, -0.15) is 15.6 Å². The van der Waals surface area contributed by atoms with Crippen molar-refractivity contribution >= 4 is 39.0 Å². The average molecular weight is 449 g/mol. The van der Waals surface area contributed by atoms with Gasteiger partial charge in [0, 0.05) is 47.7 Å². The number of thiophene rings is 1. The van der Waals surface area contributed by atoms with Gasteiger partial charge in [-0.15, -0.1) is 11.3 Å². The first-order valence-corrected chi connectivity index (χ1v) is 11.1. The molecule has 0 radical (unpaired) electrons. The summed E-state index contributed by atoms with van der Waals surface area (Å²) in [6.07, 6.45) is 8.40. The Morgan fingerprint density at radius 2 is 2.26 bits per heavy atom. The molecule has 1 fully saturated rings. The minimum Gasteiger partial charge on any atom is -0.362 e. The Balaban J connectivity index is 1.42. The fourth-order valence-corrected chi connectivity index (χ4v) is 5.50. The highest BCUT2D eigenvalue weighted by Crippen LogP contribution is 2.39. The van der Waals surface area contributed by atoms with Crippen LogP contribution in [0, 0.1) is 28.6 Å². The zero-order valence-electron chi connectivity index (χ0n) is 16.4. The van der Waals surface area contributed by atoms with Crippen LogP contribution >= 0.6 is 22.9 Å². The number of fused-ring (bicyclic) bond motifs is 1. The second-order valence-corrected chi connectivity index (χ2v) is 8.74. The Labute approximate surface area is 187 Å². The molecule has 5 rings (SSSR count). The van der Waals surface area contributed by atoms with Crippen molar-refractivity contribution in [1.29, 1.82) is 10.5 Å². The molecule has 154 valence electrons. The van der Waals surface area contributed by atoms with Crippen LogP contribution in [-0.2, 0) is 0 Å². The van der Waals surface area contributed by atoms with Gasteiger partial charge >= 0.3 is 0 Å². The van der Waals surface area contributed by atoms with Crippen LogP contribution in [0.4, 0.5) is 5.00 Å². The summed E-state index contributed by atoms with van der Waals surface area (Å²) in [6, 6.07) is 6.41. The fourth-order valence-electron chi connectivity index (χ4n) is 4.26. The van der Waals surface area contributed by atoms with E-state index in [-0.39, 0.29) is 12.0 Å². The highest BCUT2D eigenvalue weighted by molar-refractivity contribution is 7.15. The van der Waals surface area contributed by atoms with E-state index in [1.807, 2.05) is 23.1 Å². The van der Waals surface area contributed by atoms with E-state index in [9.17, 15) is 10.5 Å². The summed E-state index contributed by atoms with van der Waals surface area (Å²) in [5.74, 6) is 0.234. The molecule has 2 atom stereocenters. The summed E-state index contributed by atoms with van der Waals surface area (Å²) in [4.78, 5) is 14.0. The first kappa shape index (κ1) is 19.6. The summed E-state index contributed by atoms with van der Waals surface area (Å²) < 4.78 is 1.89. The van der Waals surface area contributed by atoms with Gasteiger partial charge in [-0.25, -0.2) is 9.97 Å². The number of H-pyrrole nitrogens is 1. The van der Waals surface area contributed by atoms with E-state index in [2.05, 4.69) is 37.1 Å². The number of nitrogens with zero attached hydrogens (tertiary/aromatic N) is 7. The van der Waals surface area contributed by atoms with E-state index in [0.717, 1.165) is 46.8 Å². The van der Waals surface area contributed by atoms with E-state index >= 15 is 0 Å². The number of nitrogens with one attached hydrogen (secondary N) is 1. The van der Waals surface area contributed by atoms with Crippen LogP contribution in [0.2, 0.25) is 5.02 Å². The van der Waals surface area contributed by atoms with Gasteiger partial charge in [0.25, 0.3) is 0 Å². The van der Waals surface area contributed by atoms with Gasteiger partial charge < -0.3 is 9.88 Å². The Bertz CT molecular complexity index is 1320. The molecule has 0 aliphatic carbocycles. The number of anilines is 1. The molecule has 5 heterocycles. The number of halogens is 1. The van der Waals surface area contributed by atoms with Crippen molar-refractivity contribution in [2.45, 2.75) is 18.9 Å². The van der Waals surface area contributed by atoms with Crippen molar-refractivity contribution < 1.29 is 0 Å². The molecular weight excluding hydrogens is 432 g/mol. The number of hydrogen-bond acceptors (Lipinski definition) is 7.